The number of hydrogen-bond donors (Lipinski definition) is 1. The molecule has 0 fully saturated rings. The number of imidazole rings is 1. The lowest BCUT2D eigenvalue weighted by atomic mass is 10.1. The molecule has 1 aromatic carbocycles. The summed E-state index contributed by atoms with van der Waals surface area (Å²) in [6.07, 6.45) is 5.33. The summed E-state index contributed by atoms with van der Waals surface area (Å²) in [7, 11) is 1.85. The number of aryl methyl sites for hydroxylation is 1. The van der Waals surface area contributed by atoms with E-state index in [9.17, 15) is 4.39 Å². The fourth-order valence-corrected chi connectivity index (χ4v) is 3.35. The zero-order valence-electron chi connectivity index (χ0n) is 14.6. The van der Waals surface area contributed by atoms with E-state index in [0.717, 1.165) is 39.6 Å². The van der Waals surface area contributed by atoms with Gasteiger partial charge >= 0.3 is 0 Å². The molecular weight excluding hydrogens is 363 g/mol. The summed E-state index contributed by atoms with van der Waals surface area (Å²) in [5.41, 5.74) is 10.3. The molecule has 0 aliphatic rings. The minimum Gasteiger partial charge on any atom is -0.404 e. The Balaban J connectivity index is 1.73. The second-order valence-electron chi connectivity index (χ2n) is 5.97. The summed E-state index contributed by atoms with van der Waals surface area (Å²) in [4.78, 5) is 4.56. The highest BCUT2D eigenvalue weighted by Gasteiger charge is 2.14. The molecule has 8 heteroatoms. The second-order valence-corrected chi connectivity index (χ2v) is 6.86. The van der Waals surface area contributed by atoms with Crippen LogP contribution in [0.2, 0.25) is 0 Å². The fourth-order valence-electron chi connectivity index (χ4n) is 2.83. The third kappa shape index (κ3) is 3.56. The predicted molar refractivity (Wildman–Crippen MR) is 105 cm³/mol. The molecule has 4 rings (SSSR count). The van der Waals surface area contributed by atoms with Crippen LogP contribution in [-0.4, -0.2) is 24.4 Å². The number of fused-ring (bicyclic) bond motifs is 1. The second kappa shape index (κ2) is 7.24. The maximum Gasteiger partial charge on any atom is 0.153 e. The number of thioether (sulfide) groups is 1. The third-order valence-corrected chi connectivity index (χ3v) is 4.81. The van der Waals surface area contributed by atoms with Crippen LogP contribution in [0, 0.1) is 5.82 Å². The van der Waals surface area contributed by atoms with E-state index in [1.165, 1.54) is 18.3 Å². The van der Waals surface area contributed by atoms with E-state index in [-0.39, 0.29) is 5.82 Å². The number of nitrogens with zero attached hydrogens (tertiary/aromatic N) is 5. The van der Waals surface area contributed by atoms with Gasteiger partial charge in [0.15, 0.2) is 5.65 Å². The van der Waals surface area contributed by atoms with Crippen molar-refractivity contribution in [3.05, 3.63) is 71.9 Å². The van der Waals surface area contributed by atoms with E-state index >= 15 is 0 Å². The molecule has 3 aromatic heterocycles. The lowest BCUT2D eigenvalue weighted by Crippen LogP contribution is -1.93. The molecule has 6 nitrogen and oxygen atoms in total. The quantitative estimate of drug-likeness (QED) is 0.573. The fraction of sp³-hybridized carbons (Fsp3) is 0.105. The van der Waals surface area contributed by atoms with E-state index in [1.54, 1.807) is 33.1 Å². The van der Waals surface area contributed by atoms with Gasteiger partial charge in [-0.25, -0.2) is 13.9 Å². The molecule has 0 aliphatic heterocycles. The molecule has 0 saturated heterocycles. The van der Waals surface area contributed by atoms with Gasteiger partial charge in [-0.3, -0.25) is 4.68 Å². The van der Waals surface area contributed by atoms with Crippen molar-refractivity contribution < 1.29 is 4.39 Å². The molecule has 4 aromatic rings. The highest BCUT2D eigenvalue weighted by atomic mass is 32.2. The molecule has 27 heavy (non-hydrogen) atoms. The Labute approximate surface area is 159 Å². The van der Waals surface area contributed by atoms with Crippen LogP contribution in [0.1, 0.15) is 5.69 Å². The smallest absolute Gasteiger partial charge is 0.153 e. The average molecular weight is 380 g/mol. The van der Waals surface area contributed by atoms with Gasteiger partial charge < -0.3 is 5.73 Å². The maximum absolute atomic E-state index is 13.3. The summed E-state index contributed by atoms with van der Waals surface area (Å²) in [5.74, 6) is 0.448. The lowest BCUT2D eigenvalue weighted by molar-refractivity contribution is 0.628. The van der Waals surface area contributed by atoms with Crippen molar-refractivity contribution in [3.8, 4) is 22.5 Å². The normalized spacial score (nSPS) is 11.6. The van der Waals surface area contributed by atoms with Crippen LogP contribution in [0.4, 0.5) is 4.39 Å². The molecule has 0 atom stereocenters. The minimum absolute atomic E-state index is 0.274. The Morgan fingerprint density at radius 2 is 1.93 bits per heavy atom. The number of rotatable bonds is 5. The van der Waals surface area contributed by atoms with Crippen molar-refractivity contribution in [2.75, 3.05) is 0 Å². The minimum atomic E-state index is -0.274. The number of nitrogens with two attached hydrogens (primary N) is 1. The number of hydrogen-bond acceptors (Lipinski definition) is 5. The summed E-state index contributed by atoms with van der Waals surface area (Å²) < 4.78 is 16.8. The SMILES string of the molecule is Cn1cc(-c2ccc3nc(CS/C=C\N)cn3n2)c(-c2ccc(F)cc2)n1. The van der Waals surface area contributed by atoms with Crippen LogP contribution in [0.25, 0.3) is 28.2 Å². The summed E-state index contributed by atoms with van der Waals surface area (Å²) >= 11 is 1.57. The number of halogens is 1. The Hall–Kier alpha value is -3.13. The average Bonchev–Trinajstić information content (AvgIpc) is 3.25. The van der Waals surface area contributed by atoms with Crippen molar-refractivity contribution in [1.82, 2.24) is 24.4 Å². The first kappa shape index (κ1) is 17.3. The van der Waals surface area contributed by atoms with Crippen molar-refractivity contribution in [1.29, 1.82) is 0 Å². The van der Waals surface area contributed by atoms with Gasteiger partial charge in [0, 0.05) is 36.3 Å². The first-order chi connectivity index (χ1) is 13.1. The van der Waals surface area contributed by atoms with E-state index in [1.807, 2.05) is 37.0 Å². The highest BCUT2D eigenvalue weighted by Crippen LogP contribution is 2.30. The summed E-state index contributed by atoms with van der Waals surface area (Å²) in [5, 5.41) is 11.0. The van der Waals surface area contributed by atoms with Gasteiger partial charge in [-0.05, 0) is 41.8 Å². The number of aromatic nitrogens is 5. The van der Waals surface area contributed by atoms with Crippen molar-refractivity contribution in [2.45, 2.75) is 5.75 Å². The van der Waals surface area contributed by atoms with Crippen molar-refractivity contribution in [2.24, 2.45) is 12.8 Å². The molecule has 0 bridgehead atoms. The monoisotopic (exact) mass is 380 g/mol. The molecule has 0 amide bonds. The molecule has 136 valence electrons. The van der Waals surface area contributed by atoms with Crippen molar-refractivity contribution >= 4 is 17.4 Å². The first-order valence-corrected chi connectivity index (χ1v) is 9.32. The van der Waals surface area contributed by atoms with Gasteiger partial charge in [0.25, 0.3) is 0 Å². The molecule has 0 unspecified atom stereocenters. The van der Waals surface area contributed by atoms with Gasteiger partial charge in [-0.15, -0.1) is 11.8 Å². The molecule has 0 spiro atoms. The Bertz CT molecular complexity index is 1110. The van der Waals surface area contributed by atoms with Gasteiger partial charge in [-0.1, -0.05) is 0 Å². The lowest BCUT2D eigenvalue weighted by Gasteiger charge is -2.03. The van der Waals surface area contributed by atoms with E-state index in [2.05, 4.69) is 15.2 Å². The largest absolute Gasteiger partial charge is 0.404 e. The standard InChI is InChI=1S/C19H17FN6S/c1-25-11-16(19(24-25)13-2-4-14(20)5-3-13)17-6-7-18-22-15(10-26(18)23-17)12-27-9-8-21/h2-11H,12,21H2,1H3/b9-8-. The zero-order valence-corrected chi connectivity index (χ0v) is 15.4. The van der Waals surface area contributed by atoms with Gasteiger partial charge in [0.05, 0.1) is 17.6 Å². The molecule has 3 heterocycles. The molecule has 0 radical (unpaired) electrons. The third-order valence-electron chi connectivity index (χ3n) is 4.00. The summed E-state index contributed by atoms with van der Waals surface area (Å²) in [6, 6.07) is 10.1. The molecule has 2 N–H and O–H groups in total. The predicted octanol–water partition coefficient (Wildman–Crippen LogP) is 3.60. The van der Waals surface area contributed by atoms with E-state index < -0.39 is 0 Å². The van der Waals surface area contributed by atoms with Crippen LogP contribution >= 0.6 is 11.8 Å². The van der Waals surface area contributed by atoms with Gasteiger partial charge in [-0.2, -0.15) is 10.2 Å². The Morgan fingerprint density at radius 3 is 2.70 bits per heavy atom. The van der Waals surface area contributed by atoms with Crippen LogP contribution in [0.15, 0.2) is 60.4 Å². The maximum atomic E-state index is 13.3. The number of benzene rings is 1. The topological polar surface area (TPSA) is 74.0 Å². The molecular formula is C19H17FN6S. The van der Waals surface area contributed by atoms with Gasteiger partial charge in [0.2, 0.25) is 0 Å². The van der Waals surface area contributed by atoms with Crippen LogP contribution in [-0.2, 0) is 12.8 Å². The van der Waals surface area contributed by atoms with E-state index in [0.29, 0.717) is 0 Å². The van der Waals surface area contributed by atoms with E-state index in [4.69, 9.17) is 5.73 Å². The molecule has 0 aliphatic carbocycles. The summed E-state index contributed by atoms with van der Waals surface area (Å²) in [6.45, 7) is 0. The van der Waals surface area contributed by atoms with Crippen LogP contribution in [0.5, 0.6) is 0 Å². The Kier molecular flexibility index (Phi) is 4.64. The van der Waals surface area contributed by atoms with Crippen LogP contribution in [0.3, 0.4) is 0 Å². The Morgan fingerprint density at radius 1 is 1.11 bits per heavy atom. The zero-order chi connectivity index (χ0) is 18.8. The molecule has 0 saturated carbocycles. The first-order valence-electron chi connectivity index (χ1n) is 8.27. The van der Waals surface area contributed by atoms with Gasteiger partial charge in [0.1, 0.15) is 11.5 Å². The van der Waals surface area contributed by atoms with Crippen LogP contribution < -0.4 is 5.73 Å². The van der Waals surface area contributed by atoms with Crippen molar-refractivity contribution in [3.63, 3.8) is 0 Å². The highest BCUT2D eigenvalue weighted by molar-refractivity contribution is 8.01.